The van der Waals surface area contributed by atoms with Crippen molar-refractivity contribution in [2.24, 2.45) is 0 Å². The minimum Gasteiger partial charge on any atom is -0.0988 e. The molecule has 1 aliphatic rings. The van der Waals surface area contributed by atoms with E-state index in [9.17, 15) is 0 Å². The van der Waals surface area contributed by atoms with Gasteiger partial charge in [0, 0.05) is 0 Å². The first-order chi connectivity index (χ1) is 4.34. The molecule has 0 spiro atoms. The fourth-order valence-electron chi connectivity index (χ4n) is 1.36. The number of hydrogen-bond donors (Lipinski definition) is 0. The van der Waals surface area contributed by atoms with E-state index in [-0.39, 0.29) is 0 Å². The van der Waals surface area contributed by atoms with E-state index in [1.165, 1.54) is 31.3 Å². The van der Waals surface area contributed by atoms with E-state index in [0.717, 1.165) is 0 Å². The maximum atomic E-state index is 3.78. The smallest absolute Gasteiger partial charge is 0.0280 e. The zero-order valence-corrected chi connectivity index (χ0v) is 6.11. The minimum atomic E-state index is 1.26. The van der Waals surface area contributed by atoms with Gasteiger partial charge in [-0.2, -0.15) is 0 Å². The van der Waals surface area contributed by atoms with Crippen LogP contribution in [0.5, 0.6) is 0 Å². The van der Waals surface area contributed by atoms with Gasteiger partial charge in [0.1, 0.15) is 0 Å². The van der Waals surface area contributed by atoms with Crippen LogP contribution < -0.4 is 0 Å². The van der Waals surface area contributed by atoms with Gasteiger partial charge in [-0.25, -0.2) is 0 Å². The topological polar surface area (TPSA) is 0 Å². The summed E-state index contributed by atoms with van der Waals surface area (Å²) in [5.74, 6) is 0. The molecule has 0 aliphatic heterocycles. The van der Waals surface area contributed by atoms with Gasteiger partial charge in [-0.05, 0) is 38.2 Å². The number of allylic oxidation sites excluding steroid dienone is 3. The van der Waals surface area contributed by atoms with Crippen LogP contribution in [0.4, 0.5) is 0 Å². The maximum absolute atomic E-state index is 3.78. The van der Waals surface area contributed by atoms with Crippen molar-refractivity contribution < 1.29 is 0 Å². The van der Waals surface area contributed by atoms with Crippen LogP contribution in [0.3, 0.4) is 0 Å². The van der Waals surface area contributed by atoms with E-state index in [2.05, 4.69) is 13.5 Å². The summed E-state index contributed by atoms with van der Waals surface area (Å²) in [6, 6.07) is 0. The van der Waals surface area contributed by atoms with E-state index in [1.54, 1.807) is 5.57 Å². The van der Waals surface area contributed by atoms with Crippen molar-refractivity contribution in [3.8, 4) is 0 Å². The summed E-state index contributed by atoms with van der Waals surface area (Å²) in [4.78, 5) is 0. The fourth-order valence-corrected chi connectivity index (χ4v) is 1.36. The first-order valence-electron chi connectivity index (χ1n) is 3.65. The summed E-state index contributed by atoms with van der Waals surface area (Å²) in [6.45, 7) is 6.00. The van der Waals surface area contributed by atoms with Gasteiger partial charge in [0.05, 0.1) is 0 Å². The van der Waals surface area contributed by atoms with Crippen LogP contribution in [0.15, 0.2) is 23.8 Å². The fraction of sp³-hybridized carbons (Fsp3) is 0.556. The van der Waals surface area contributed by atoms with Crippen molar-refractivity contribution >= 4 is 0 Å². The lowest BCUT2D eigenvalue weighted by Crippen LogP contribution is -1.93. The lowest BCUT2D eigenvalue weighted by atomic mass is 9.93. The van der Waals surface area contributed by atoms with Crippen LogP contribution in [0.25, 0.3) is 0 Å². The van der Waals surface area contributed by atoms with Crippen molar-refractivity contribution in [1.29, 1.82) is 0 Å². The van der Waals surface area contributed by atoms with Crippen LogP contribution in [0.2, 0.25) is 0 Å². The number of rotatable bonds is 1. The summed E-state index contributed by atoms with van der Waals surface area (Å²) >= 11 is 0. The molecule has 0 aromatic heterocycles. The molecular weight excluding hydrogens is 108 g/mol. The Hall–Kier alpha value is -0.520. The van der Waals surface area contributed by atoms with E-state index < -0.39 is 0 Å². The summed E-state index contributed by atoms with van der Waals surface area (Å²) < 4.78 is 0. The standard InChI is InChI=1S/C9H14/c1-3-9-7-5-4-6-8(9)2/h3H,1,4-7H2,2H3. The van der Waals surface area contributed by atoms with Gasteiger partial charge in [0.2, 0.25) is 0 Å². The predicted molar refractivity (Wildman–Crippen MR) is 41.4 cm³/mol. The molecule has 0 saturated carbocycles. The quantitative estimate of drug-likeness (QED) is 0.501. The molecule has 1 rings (SSSR count). The lowest BCUT2D eigenvalue weighted by Gasteiger charge is -2.13. The average Bonchev–Trinajstić information content (AvgIpc) is 1.89. The minimum absolute atomic E-state index is 1.26. The molecule has 50 valence electrons. The van der Waals surface area contributed by atoms with Gasteiger partial charge in [0.25, 0.3) is 0 Å². The van der Waals surface area contributed by atoms with E-state index in [1.807, 2.05) is 6.08 Å². The van der Waals surface area contributed by atoms with Crippen LogP contribution in [0.1, 0.15) is 32.6 Å². The van der Waals surface area contributed by atoms with Crippen LogP contribution in [-0.2, 0) is 0 Å². The second kappa shape index (κ2) is 2.86. The molecule has 0 aromatic carbocycles. The average molecular weight is 122 g/mol. The summed E-state index contributed by atoms with van der Waals surface area (Å²) in [5.41, 5.74) is 3.04. The molecule has 0 amide bonds. The highest BCUT2D eigenvalue weighted by atomic mass is 14.1. The molecule has 0 fully saturated rings. The molecule has 0 heteroatoms. The Morgan fingerprint density at radius 3 is 2.44 bits per heavy atom. The Balaban J connectivity index is 2.70. The summed E-state index contributed by atoms with van der Waals surface area (Å²) in [7, 11) is 0. The second-order valence-electron chi connectivity index (χ2n) is 2.72. The first kappa shape index (κ1) is 6.60. The molecule has 9 heavy (non-hydrogen) atoms. The van der Waals surface area contributed by atoms with Gasteiger partial charge in [-0.3, -0.25) is 0 Å². The number of hydrogen-bond acceptors (Lipinski definition) is 0. The van der Waals surface area contributed by atoms with E-state index >= 15 is 0 Å². The molecule has 0 bridgehead atoms. The van der Waals surface area contributed by atoms with Crippen molar-refractivity contribution in [1.82, 2.24) is 0 Å². The second-order valence-corrected chi connectivity index (χ2v) is 2.72. The summed E-state index contributed by atoms with van der Waals surface area (Å²) in [5, 5.41) is 0. The summed E-state index contributed by atoms with van der Waals surface area (Å²) in [6.07, 6.45) is 7.30. The molecule has 0 aromatic rings. The van der Waals surface area contributed by atoms with Crippen molar-refractivity contribution in [3.63, 3.8) is 0 Å². The third-order valence-electron chi connectivity index (χ3n) is 2.04. The highest BCUT2D eigenvalue weighted by Crippen LogP contribution is 2.24. The van der Waals surface area contributed by atoms with Gasteiger partial charge < -0.3 is 0 Å². The largest absolute Gasteiger partial charge is 0.0988 e. The Labute approximate surface area is 57.3 Å². The molecule has 0 unspecified atom stereocenters. The Kier molecular flexibility index (Phi) is 2.10. The molecule has 0 nitrogen and oxygen atoms in total. The SMILES string of the molecule is C=CC1=C(C)CCCC1. The molecule has 1 aliphatic carbocycles. The van der Waals surface area contributed by atoms with Gasteiger partial charge in [-0.1, -0.05) is 18.2 Å². The zero-order chi connectivity index (χ0) is 6.69. The Bertz CT molecular complexity index is 140. The van der Waals surface area contributed by atoms with Crippen molar-refractivity contribution in [2.75, 3.05) is 0 Å². The highest BCUT2D eigenvalue weighted by molar-refractivity contribution is 5.24. The van der Waals surface area contributed by atoms with Crippen LogP contribution in [0, 0.1) is 0 Å². The third kappa shape index (κ3) is 1.44. The lowest BCUT2D eigenvalue weighted by molar-refractivity contribution is 0.683. The first-order valence-corrected chi connectivity index (χ1v) is 3.65. The molecule has 0 radical (unpaired) electrons. The molecule has 0 saturated heterocycles. The van der Waals surface area contributed by atoms with Gasteiger partial charge in [-0.15, -0.1) is 0 Å². The zero-order valence-electron chi connectivity index (χ0n) is 6.11. The van der Waals surface area contributed by atoms with E-state index in [0.29, 0.717) is 0 Å². The van der Waals surface area contributed by atoms with Gasteiger partial charge in [0.15, 0.2) is 0 Å². The molecule has 0 heterocycles. The van der Waals surface area contributed by atoms with Crippen LogP contribution in [-0.4, -0.2) is 0 Å². The van der Waals surface area contributed by atoms with Crippen molar-refractivity contribution in [2.45, 2.75) is 32.6 Å². The molecule has 0 N–H and O–H groups in total. The molecule has 0 atom stereocenters. The highest BCUT2D eigenvalue weighted by Gasteiger charge is 2.04. The van der Waals surface area contributed by atoms with Crippen LogP contribution >= 0.6 is 0 Å². The van der Waals surface area contributed by atoms with Gasteiger partial charge >= 0.3 is 0 Å². The maximum Gasteiger partial charge on any atom is -0.0280 e. The Morgan fingerprint density at radius 2 is 2.00 bits per heavy atom. The third-order valence-corrected chi connectivity index (χ3v) is 2.04. The Morgan fingerprint density at radius 1 is 1.33 bits per heavy atom. The predicted octanol–water partition coefficient (Wildman–Crippen LogP) is 3.06. The van der Waals surface area contributed by atoms with E-state index in [4.69, 9.17) is 0 Å². The molecular formula is C9H14. The normalized spacial score (nSPS) is 20.1. The monoisotopic (exact) mass is 122 g/mol. The van der Waals surface area contributed by atoms with Crippen molar-refractivity contribution in [3.05, 3.63) is 23.8 Å².